The summed E-state index contributed by atoms with van der Waals surface area (Å²) in [5, 5.41) is 8.76. The number of likely N-dealkylation sites (N-methyl/N-ethyl adjacent to an activating group) is 2. The zero-order valence-electron chi connectivity index (χ0n) is 12.4. The summed E-state index contributed by atoms with van der Waals surface area (Å²) in [6.07, 6.45) is 4.70. The summed E-state index contributed by atoms with van der Waals surface area (Å²) in [5.41, 5.74) is 1.45. The van der Waals surface area contributed by atoms with Crippen molar-refractivity contribution in [3.63, 3.8) is 0 Å². The Morgan fingerprint density at radius 1 is 1.52 bits per heavy atom. The molecule has 0 aromatic heterocycles. The van der Waals surface area contributed by atoms with Gasteiger partial charge in [0.25, 0.3) is 0 Å². The fourth-order valence-electron chi connectivity index (χ4n) is 2.79. The van der Waals surface area contributed by atoms with Crippen LogP contribution in [0.2, 0.25) is 0 Å². The van der Waals surface area contributed by atoms with Crippen LogP contribution in [0, 0.1) is 5.82 Å². The lowest BCUT2D eigenvalue weighted by molar-refractivity contribution is -0.131. The van der Waals surface area contributed by atoms with E-state index in [1.807, 2.05) is 7.05 Å². The predicted molar refractivity (Wildman–Crippen MR) is 82.0 cm³/mol. The van der Waals surface area contributed by atoms with Gasteiger partial charge in [0.2, 0.25) is 0 Å². The van der Waals surface area contributed by atoms with Crippen molar-refractivity contribution in [1.82, 2.24) is 4.90 Å². The maximum absolute atomic E-state index is 13.4. The van der Waals surface area contributed by atoms with E-state index in [9.17, 15) is 9.18 Å². The molecule has 1 aromatic rings. The number of nitrogens with zero attached hydrogens (tertiary/aromatic N) is 2. The highest BCUT2D eigenvalue weighted by Crippen LogP contribution is 2.26. The zero-order chi connectivity index (χ0) is 15.4. The minimum atomic E-state index is -1.04. The van der Waals surface area contributed by atoms with E-state index in [-0.39, 0.29) is 5.82 Å². The van der Waals surface area contributed by atoms with Gasteiger partial charge in [0.05, 0.1) is 0 Å². The predicted octanol–water partition coefficient (Wildman–Crippen LogP) is 2.45. The summed E-state index contributed by atoms with van der Waals surface area (Å²) >= 11 is 0. The molecule has 1 atom stereocenters. The topological polar surface area (TPSA) is 43.8 Å². The Morgan fingerprint density at radius 2 is 2.29 bits per heavy atom. The molecule has 1 saturated heterocycles. The van der Waals surface area contributed by atoms with Gasteiger partial charge < -0.3 is 14.9 Å². The lowest BCUT2D eigenvalue weighted by Gasteiger charge is -2.37. The third-order valence-corrected chi connectivity index (χ3v) is 3.92. The number of aliphatic carboxylic acids is 1. The van der Waals surface area contributed by atoms with Crippen molar-refractivity contribution in [1.29, 1.82) is 0 Å². The second kappa shape index (κ2) is 6.72. The molecule has 1 aliphatic rings. The molecule has 21 heavy (non-hydrogen) atoms. The van der Waals surface area contributed by atoms with Gasteiger partial charge in [0.15, 0.2) is 0 Å². The first-order valence-corrected chi connectivity index (χ1v) is 7.09. The van der Waals surface area contributed by atoms with Crippen molar-refractivity contribution in [2.75, 3.05) is 32.1 Å². The van der Waals surface area contributed by atoms with Crippen molar-refractivity contribution in [2.24, 2.45) is 0 Å². The molecule has 2 rings (SSSR count). The first kappa shape index (κ1) is 15.5. The SMILES string of the molecule is CN1CCCC(N(C)c2ccc(F)cc2C=CC(=O)O)C1. The van der Waals surface area contributed by atoms with Crippen LogP contribution < -0.4 is 4.90 Å². The summed E-state index contributed by atoms with van der Waals surface area (Å²) in [5.74, 6) is -1.40. The largest absolute Gasteiger partial charge is 0.478 e. The second-order valence-electron chi connectivity index (χ2n) is 5.54. The number of carboxylic acids is 1. The Labute approximate surface area is 124 Å². The molecule has 0 saturated carbocycles. The molecule has 114 valence electrons. The molecule has 1 unspecified atom stereocenters. The molecular formula is C16H21FN2O2. The Hall–Kier alpha value is -1.88. The van der Waals surface area contributed by atoms with E-state index in [2.05, 4.69) is 16.8 Å². The quantitative estimate of drug-likeness (QED) is 0.866. The van der Waals surface area contributed by atoms with Gasteiger partial charge in [-0.25, -0.2) is 9.18 Å². The van der Waals surface area contributed by atoms with E-state index in [1.54, 1.807) is 6.07 Å². The summed E-state index contributed by atoms with van der Waals surface area (Å²) in [4.78, 5) is 15.1. The van der Waals surface area contributed by atoms with Crippen LogP contribution >= 0.6 is 0 Å². The van der Waals surface area contributed by atoms with Gasteiger partial charge in [0, 0.05) is 37.0 Å². The number of likely N-dealkylation sites (tertiary alicyclic amines) is 1. The molecule has 1 heterocycles. The summed E-state index contributed by atoms with van der Waals surface area (Å²) in [7, 11) is 4.07. The Bertz CT molecular complexity index is 545. The van der Waals surface area contributed by atoms with Crippen LogP contribution in [0.3, 0.4) is 0 Å². The van der Waals surface area contributed by atoms with Gasteiger partial charge >= 0.3 is 5.97 Å². The number of halogens is 1. The average molecular weight is 292 g/mol. The first-order valence-electron chi connectivity index (χ1n) is 7.09. The van der Waals surface area contributed by atoms with Crippen molar-refractivity contribution in [3.8, 4) is 0 Å². The number of piperidine rings is 1. The molecule has 4 nitrogen and oxygen atoms in total. The number of rotatable bonds is 4. The highest BCUT2D eigenvalue weighted by atomic mass is 19.1. The molecule has 1 N–H and O–H groups in total. The number of anilines is 1. The van der Waals surface area contributed by atoms with Crippen LogP contribution in [0.15, 0.2) is 24.3 Å². The molecule has 0 radical (unpaired) electrons. The normalized spacial score (nSPS) is 19.9. The summed E-state index contributed by atoms with van der Waals surface area (Å²) < 4.78 is 13.4. The van der Waals surface area contributed by atoms with Gasteiger partial charge in [-0.3, -0.25) is 0 Å². The highest BCUT2D eigenvalue weighted by molar-refractivity contribution is 5.87. The lowest BCUT2D eigenvalue weighted by atomic mass is 10.0. The third-order valence-electron chi connectivity index (χ3n) is 3.92. The summed E-state index contributed by atoms with van der Waals surface area (Å²) in [6, 6.07) is 4.85. The van der Waals surface area contributed by atoms with Gasteiger partial charge in [-0.15, -0.1) is 0 Å². The third kappa shape index (κ3) is 4.04. The lowest BCUT2D eigenvalue weighted by Crippen LogP contribution is -2.45. The van der Waals surface area contributed by atoms with Crippen molar-refractivity contribution < 1.29 is 14.3 Å². The molecule has 0 amide bonds. The highest BCUT2D eigenvalue weighted by Gasteiger charge is 2.22. The number of carbonyl (C=O) groups is 1. The van der Waals surface area contributed by atoms with Gasteiger partial charge in [0.1, 0.15) is 5.82 Å². The minimum absolute atomic E-state index is 0.353. The average Bonchev–Trinajstić information content (AvgIpc) is 2.44. The smallest absolute Gasteiger partial charge is 0.328 e. The number of hydrogen-bond donors (Lipinski definition) is 1. The van der Waals surface area contributed by atoms with Gasteiger partial charge in [-0.2, -0.15) is 0 Å². The van der Waals surface area contributed by atoms with E-state index >= 15 is 0 Å². The summed E-state index contributed by atoms with van der Waals surface area (Å²) in [6.45, 7) is 2.05. The van der Waals surface area contributed by atoms with E-state index in [4.69, 9.17) is 5.11 Å². The maximum atomic E-state index is 13.4. The first-order chi connectivity index (χ1) is 9.97. The monoisotopic (exact) mass is 292 g/mol. The Morgan fingerprint density at radius 3 is 2.95 bits per heavy atom. The standard InChI is InChI=1S/C16H21FN2O2/c1-18-9-3-4-14(11-18)19(2)15-7-6-13(17)10-12(15)5-8-16(20)21/h5-8,10,14H,3-4,9,11H2,1-2H3,(H,20,21). The number of benzene rings is 1. The minimum Gasteiger partial charge on any atom is -0.478 e. The van der Waals surface area contributed by atoms with Crippen LogP contribution in [0.5, 0.6) is 0 Å². The van der Waals surface area contributed by atoms with Crippen molar-refractivity contribution >= 4 is 17.7 Å². The molecule has 0 bridgehead atoms. The van der Waals surface area contributed by atoms with E-state index < -0.39 is 5.97 Å². The van der Waals surface area contributed by atoms with E-state index in [1.165, 1.54) is 18.2 Å². The number of carboxylic acid groups (broad SMARTS) is 1. The van der Waals surface area contributed by atoms with Crippen LogP contribution in [0.4, 0.5) is 10.1 Å². The second-order valence-corrected chi connectivity index (χ2v) is 5.54. The molecular weight excluding hydrogens is 271 g/mol. The van der Waals surface area contributed by atoms with E-state index in [0.717, 1.165) is 37.7 Å². The van der Waals surface area contributed by atoms with Crippen molar-refractivity contribution in [3.05, 3.63) is 35.7 Å². The zero-order valence-corrected chi connectivity index (χ0v) is 12.4. The fraction of sp³-hybridized carbons (Fsp3) is 0.438. The van der Waals surface area contributed by atoms with Crippen LogP contribution in [0.25, 0.3) is 6.08 Å². The molecule has 1 aromatic carbocycles. The molecule has 1 aliphatic heterocycles. The molecule has 1 fully saturated rings. The van der Waals surface area contributed by atoms with E-state index in [0.29, 0.717) is 11.6 Å². The Kier molecular flexibility index (Phi) is 4.96. The molecule has 0 spiro atoms. The van der Waals surface area contributed by atoms with Crippen LogP contribution in [-0.4, -0.2) is 49.2 Å². The van der Waals surface area contributed by atoms with Crippen LogP contribution in [0.1, 0.15) is 18.4 Å². The Balaban J connectivity index is 2.27. The maximum Gasteiger partial charge on any atom is 0.328 e. The number of hydrogen-bond acceptors (Lipinski definition) is 3. The molecule has 0 aliphatic carbocycles. The van der Waals surface area contributed by atoms with Crippen molar-refractivity contribution in [2.45, 2.75) is 18.9 Å². The van der Waals surface area contributed by atoms with Crippen LogP contribution in [-0.2, 0) is 4.79 Å². The van der Waals surface area contributed by atoms with Gasteiger partial charge in [-0.05, 0) is 50.7 Å². The van der Waals surface area contributed by atoms with Gasteiger partial charge in [-0.1, -0.05) is 0 Å². The molecule has 5 heteroatoms. The fourth-order valence-corrected chi connectivity index (χ4v) is 2.79.